The van der Waals surface area contributed by atoms with Crippen LogP contribution in [0.2, 0.25) is 0 Å². The van der Waals surface area contributed by atoms with Crippen molar-refractivity contribution < 1.29 is 4.79 Å². The highest BCUT2D eigenvalue weighted by atomic mass is 16.2. The van der Waals surface area contributed by atoms with E-state index >= 15 is 0 Å². The van der Waals surface area contributed by atoms with E-state index in [1.54, 1.807) is 17.2 Å². The zero-order chi connectivity index (χ0) is 15.2. The van der Waals surface area contributed by atoms with Gasteiger partial charge >= 0.3 is 0 Å². The molecule has 0 aliphatic rings. The molecule has 0 aliphatic carbocycles. The number of hydrogen-bond acceptors (Lipinski definition) is 3. The van der Waals surface area contributed by atoms with Crippen molar-refractivity contribution in [1.29, 1.82) is 5.26 Å². The molecule has 0 atom stereocenters. The van der Waals surface area contributed by atoms with E-state index in [9.17, 15) is 4.79 Å². The lowest BCUT2D eigenvalue weighted by molar-refractivity contribution is 0.0740. The third kappa shape index (κ3) is 3.79. The first-order valence-electron chi connectivity index (χ1n) is 7.13. The van der Waals surface area contributed by atoms with Crippen LogP contribution in [0.4, 0.5) is 0 Å². The van der Waals surface area contributed by atoms with Crippen molar-refractivity contribution in [3.8, 4) is 6.07 Å². The molecule has 0 bridgehead atoms. The van der Waals surface area contributed by atoms with Gasteiger partial charge in [-0.2, -0.15) is 5.26 Å². The summed E-state index contributed by atoms with van der Waals surface area (Å²) >= 11 is 0. The van der Waals surface area contributed by atoms with Gasteiger partial charge in [-0.05, 0) is 30.2 Å². The number of fused-ring (bicyclic) bond motifs is 1. The summed E-state index contributed by atoms with van der Waals surface area (Å²) in [5.41, 5.74) is 1.52. The van der Waals surface area contributed by atoms with Crippen molar-refractivity contribution in [2.45, 2.75) is 20.3 Å². The molecule has 0 N–H and O–H groups in total. The maximum atomic E-state index is 12.6. The van der Waals surface area contributed by atoms with Crippen LogP contribution in [0, 0.1) is 17.2 Å². The average Bonchev–Trinajstić information content (AvgIpc) is 2.50. The third-order valence-corrected chi connectivity index (χ3v) is 3.22. The van der Waals surface area contributed by atoms with Crippen LogP contribution in [-0.2, 0) is 0 Å². The van der Waals surface area contributed by atoms with Gasteiger partial charge in [-0.25, -0.2) is 0 Å². The zero-order valence-electron chi connectivity index (χ0n) is 12.4. The average molecular weight is 281 g/mol. The largest absolute Gasteiger partial charge is 0.337 e. The van der Waals surface area contributed by atoms with Crippen LogP contribution < -0.4 is 0 Å². The van der Waals surface area contributed by atoms with Crippen LogP contribution in [0.5, 0.6) is 0 Å². The molecule has 0 spiro atoms. The lowest BCUT2D eigenvalue weighted by Gasteiger charge is -2.23. The number of amides is 1. The van der Waals surface area contributed by atoms with Crippen LogP contribution >= 0.6 is 0 Å². The molecule has 0 saturated carbocycles. The number of rotatable bonds is 5. The summed E-state index contributed by atoms with van der Waals surface area (Å²) in [4.78, 5) is 18.6. The Bertz CT molecular complexity index is 673. The maximum absolute atomic E-state index is 12.6. The van der Waals surface area contributed by atoms with Gasteiger partial charge in [-0.3, -0.25) is 9.78 Å². The van der Waals surface area contributed by atoms with E-state index < -0.39 is 0 Å². The quantitative estimate of drug-likeness (QED) is 0.845. The standard InChI is InChI=1S/C17H19N3O/c1-13(2)12-20(10-4-8-18)17(21)15-6-7-16-14(11-15)5-3-9-19-16/h3,5-7,9,11,13H,4,10,12H2,1-2H3. The highest BCUT2D eigenvalue weighted by Gasteiger charge is 2.17. The fourth-order valence-electron chi connectivity index (χ4n) is 2.29. The predicted molar refractivity (Wildman–Crippen MR) is 82.7 cm³/mol. The monoisotopic (exact) mass is 281 g/mol. The Balaban J connectivity index is 2.26. The van der Waals surface area contributed by atoms with Crippen molar-refractivity contribution in [2.75, 3.05) is 13.1 Å². The summed E-state index contributed by atoms with van der Waals surface area (Å²) in [5, 5.41) is 9.70. The summed E-state index contributed by atoms with van der Waals surface area (Å²) in [6, 6.07) is 11.4. The molecule has 4 heteroatoms. The Morgan fingerprint density at radius 3 is 2.90 bits per heavy atom. The van der Waals surface area contributed by atoms with Crippen molar-refractivity contribution in [1.82, 2.24) is 9.88 Å². The Morgan fingerprint density at radius 1 is 1.38 bits per heavy atom. The second kappa shape index (κ2) is 6.85. The Kier molecular flexibility index (Phi) is 4.89. The lowest BCUT2D eigenvalue weighted by atomic mass is 10.1. The van der Waals surface area contributed by atoms with Gasteiger partial charge in [0.1, 0.15) is 0 Å². The molecule has 0 unspecified atom stereocenters. The van der Waals surface area contributed by atoms with Gasteiger partial charge in [0.25, 0.3) is 5.91 Å². The molecule has 1 heterocycles. The molecular formula is C17H19N3O. The fourth-order valence-corrected chi connectivity index (χ4v) is 2.29. The van der Waals surface area contributed by atoms with E-state index in [-0.39, 0.29) is 5.91 Å². The summed E-state index contributed by atoms with van der Waals surface area (Å²) in [6.07, 6.45) is 2.09. The van der Waals surface area contributed by atoms with Gasteiger partial charge < -0.3 is 4.90 Å². The summed E-state index contributed by atoms with van der Waals surface area (Å²) in [6.45, 7) is 5.26. The first kappa shape index (κ1) is 15.0. The number of pyridine rings is 1. The molecule has 21 heavy (non-hydrogen) atoms. The zero-order valence-corrected chi connectivity index (χ0v) is 12.4. The Labute approximate surface area is 125 Å². The molecule has 1 aromatic heterocycles. The van der Waals surface area contributed by atoms with Crippen LogP contribution in [0.1, 0.15) is 30.6 Å². The van der Waals surface area contributed by atoms with Crippen LogP contribution in [-0.4, -0.2) is 28.9 Å². The first-order chi connectivity index (χ1) is 10.1. The second-order valence-electron chi connectivity index (χ2n) is 5.46. The predicted octanol–water partition coefficient (Wildman–Crippen LogP) is 3.25. The molecule has 0 saturated heterocycles. The molecule has 2 rings (SSSR count). The SMILES string of the molecule is CC(C)CN(CCC#N)C(=O)c1ccc2ncccc2c1. The Morgan fingerprint density at radius 2 is 2.19 bits per heavy atom. The number of carbonyl (C=O) groups excluding carboxylic acids is 1. The number of nitriles is 1. The number of nitrogens with zero attached hydrogens (tertiary/aromatic N) is 3. The minimum atomic E-state index is -0.0234. The van der Waals surface area contributed by atoms with Gasteiger partial charge in [0.2, 0.25) is 0 Å². The van der Waals surface area contributed by atoms with Gasteiger partial charge in [0.15, 0.2) is 0 Å². The van der Waals surface area contributed by atoms with E-state index in [4.69, 9.17) is 5.26 Å². The lowest BCUT2D eigenvalue weighted by Crippen LogP contribution is -2.35. The van der Waals surface area contributed by atoms with Crippen LogP contribution in [0.15, 0.2) is 36.5 Å². The second-order valence-corrected chi connectivity index (χ2v) is 5.46. The normalized spacial score (nSPS) is 10.6. The number of carbonyl (C=O) groups is 1. The van der Waals surface area contributed by atoms with Crippen molar-refractivity contribution >= 4 is 16.8 Å². The molecule has 2 aromatic rings. The highest BCUT2D eigenvalue weighted by Crippen LogP contribution is 2.16. The van der Waals surface area contributed by atoms with Gasteiger partial charge in [-0.1, -0.05) is 19.9 Å². The van der Waals surface area contributed by atoms with E-state index in [0.29, 0.717) is 31.0 Å². The van der Waals surface area contributed by atoms with E-state index in [1.165, 1.54) is 0 Å². The van der Waals surface area contributed by atoms with E-state index in [2.05, 4.69) is 24.9 Å². The molecule has 1 amide bonds. The van der Waals surface area contributed by atoms with Gasteiger partial charge in [0.05, 0.1) is 18.0 Å². The highest BCUT2D eigenvalue weighted by molar-refractivity contribution is 5.97. The molecular weight excluding hydrogens is 262 g/mol. The molecule has 0 fully saturated rings. The number of aromatic nitrogens is 1. The fraction of sp³-hybridized carbons (Fsp3) is 0.353. The van der Waals surface area contributed by atoms with Crippen molar-refractivity contribution in [3.63, 3.8) is 0 Å². The van der Waals surface area contributed by atoms with Gasteiger partial charge in [-0.15, -0.1) is 0 Å². The maximum Gasteiger partial charge on any atom is 0.253 e. The summed E-state index contributed by atoms with van der Waals surface area (Å²) in [7, 11) is 0. The minimum absolute atomic E-state index is 0.0234. The van der Waals surface area contributed by atoms with Crippen LogP contribution in [0.3, 0.4) is 0 Å². The van der Waals surface area contributed by atoms with Gasteiger partial charge in [0, 0.05) is 30.2 Å². The molecule has 108 valence electrons. The Hall–Kier alpha value is -2.41. The number of hydrogen-bond donors (Lipinski definition) is 0. The molecule has 0 radical (unpaired) electrons. The molecule has 4 nitrogen and oxygen atoms in total. The van der Waals surface area contributed by atoms with Crippen molar-refractivity contribution in [3.05, 3.63) is 42.1 Å². The van der Waals surface area contributed by atoms with E-state index in [1.807, 2.05) is 24.3 Å². The van der Waals surface area contributed by atoms with Crippen LogP contribution in [0.25, 0.3) is 10.9 Å². The smallest absolute Gasteiger partial charge is 0.253 e. The number of benzene rings is 1. The topological polar surface area (TPSA) is 57.0 Å². The summed E-state index contributed by atoms with van der Waals surface area (Å²) in [5.74, 6) is 0.347. The molecule has 0 aliphatic heterocycles. The minimum Gasteiger partial charge on any atom is -0.337 e. The molecule has 1 aromatic carbocycles. The first-order valence-corrected chi connectivity index (χ1v) is 7.13. The third-order valence-electron chi connectivity index (χ3n) is 3.22. The van der Waals surface area contributed by atoms with Crippen molar-refractivity contribution in [2.24, 2.45) is 5.92 Å². The van der Waals surface area contributed by atoms with E-state index in [0.717, 1.165) is 10.9 Å². The summed E-state index contributed by atoms with van der Waals surface area (Å²) < 4.78 is 0.